The summed E-state index contributed by atoms with van der Waals surface area (Å²) in [7, 11) is -1.29. The molecule has 0 bridgehead atoms. The molecule has 1 saturated carbocycles. The molecule has 44 heavy (non-hydrogen) atoms. The molecule has 3 aliphatic heterocycles. The van der Waals surface area contributed by atoms with Crippen LogP contribution in [0.1, 0.15) is 80.8 Å². The average Bonchev–Trinajstić information content (AvgIpc) is 3.24. The fourth-order valence-electron chi connectivity index (χ4n) is 6.62. The molecule has 4 aliphatic rings. The second-order valence-electron chi connectivity index (χ2n) is 15.2. The largest absolute Gasteiger partial charge is 0.444 e. The summed E-state index contributed by atoms with van der Waals surface area (Å²) in [5.74, 6) is 6.31. The fraction of sp³-hybridized carbons (Fsp3) is 0.647. The van der Waals surface area contributed by atoms with Gasteiger partial charge in [0.2, 0.25) is 5.91 Å². The standard InChI is InChI=1S/C34H47N3O6Si/c1-33(2,3)43-32(41)35-15-13-34(14-16-35)20-25(21-34)8-7-24-9-10-27-26(19-24)22-36(30(27)39)28-11-12-29(38)37(31(28)40)23-42-17-18-44(4,5)6/h9-10,19,25,28H,11-18,20-23H2,1-6H3. The van der Waals surface area contributed by atoms with Crippen LogP contribution < -0.4 is 0 Å². The number of rotatable bonds is 6. The lowest BCUT2D eigenvalue weighted by Gasteiger charge is -2.50. The molecule has 1 unspecified atom stereocenters. The Balaban J connectivity index is 1.14. The van der Waals surface area contributed by atoms with Gasteiger partial charge in [0.1, 0.15) is 18.4 Å². The molecular formula is C34H47N3O6Si. The zero-order valence-electron chi connectivity index (χ0n) is 27.2. The van der Waals surface area contributed by atoms with E-state index in [-0.39, 0.29) is 42.4 Å². The van der Waals surface area contributed by atoms with E-state index in [0.29, 0.717) is 31.1 Å². The van der Waals surface area contributed by atoms with Gasteiger partial charge in [0, 0.05) is 57.8 Å². The summed E-state index contributed by atoms with van der Waals surface area (Å²) in [5.41, 5.74) is 2.11. The minimum Gasteiger partial charge on any atom is -0.444 e. The van der Waals surface area contributed by atoms with Gasteiger partial charge in [0.25, 0.3) is 11.8 Å². The lowest BCUT2D eigenvalue weighted by molar-refractivity contribution is -0.158. The first-order valence-electron chi connectivity index (χ1n) is 16.0. The number of likely N-dealkylation sites (tertiary alicyclic amines) is 2. The minimum atomic E-state index is -1.29. The normalized spacial score (nSPS) is 22.1. The van der Waals surface area contributed by atoms with Crippen LogP contribution in [0.25, 0.3) is 0 Å². The van der Waals surface area contributed by atoms with Crippen LogP contribution in [0.2, 0.25) is 25.7 Å². The van der Waals surface area contributed by atoms with E-state index >= 15 is 0 Å². The third-order valence-corrected chi connectivity index (χ3v) is 11.0. The Morgan fingerprint density at radius 1 is 1.09 bits per heavy atom. The number of imide groups is 1. The van der Waals surface area contributed by atoms with Crippen LogP contribution in [0.4, 0.5) is 4.79 Å². The maximum atomic E-state index is 13.3. The summed E-state index contributed by atoms with van der Waals surface area (Å²) in [6, 6.07) is 5.94. The predicted octanol–water partition coefficient (Wildman–Crippen LogP) is 5.25. The van der Waals surface area contributed by atoms with E-state index in [1.807, 2.05) is 43.9 Å². The Bertz CT molecular complexity index is 1370. The summed E-state index contributed by atoms with van der Waals surface area (Å²) >= 11 is 0. The van der Waals surface area contributed by atoms with Crippen LogP contribution in [0.5, 0.6) is 0 Å². The number of nitrogens with zero attached hydrogens (tertiary/aromatic N) is 3. The van der Waals surface area contributed by atoms with Crippen molar-refractivity contribution in [3.63, 3.8) is 0 Å². The summed E-state index contributed by atoms with van der Waals surface area (Å²) in [4.78, 5) is 56.2. The van der Waals surface area contributed by atoms with Crippen molar-refractivity contribution in [1.29, 1.82) is 0 Å². The molecule has 1 atom stereocenters. The second-order valence-corrected chi connectivity index (χ2v) is 20.8. The Morgan fingerprint density at radius 2 is 1.80 bits per heavy atom. The number of hydrogen-bond acceptors (Lipinski definition) is 6. The van der Waals surface area contributed by atoms with Crippen LogP contribution in [0, 0.1) is 23.2 Å². The topological polar surface area (TPSA) is 96.5 Å². The van der Waals surface area contributed by atoms with E-state index < -0.39 is 19.7 Å². The maximum absolute atomic E-state index is 13.3. The highest BCUT2D eigenvalue weighted by Crippen LogP contribution is 2.52. The van der Waals surface area contributed by atoms with Gasteiger partial charge in [-0.3, -0.25) is 19.3 Å². The van der Waals surface area contributed by atoms with E-state index in [0.717, 1.165) is 55.9 Å². The van der Waals surface area contributed by atoms with Gasteiger partial charge in [0.15, 0.2) is 0 Å². The number of benzene rings is 1. The first-order chi connectivity index (χ1) is 20.6. The van der Waals surface area contributed by atoms with Gasteiger partial charge in [-0.05, 0) is 88.1 Å². The van der Waals surface area contributed by atoms with Gasteiger partial charge in [-0.1, -0.05) is 31.5 Å². The lowest BCUT2D eigenvalue weighted by Crippen LogP contribution is -2.55. The smallest absolute Gasteiger partial charge is 0.410 e. The van der Waals surface area contributed by atoms with Crippen molar-refractivity contribution in [3.05, 3.63) is 34.9 Å². The number of carbonyl (C=O) groups excluding carboxylic acids is 4. The third-order valence-electron chi connectivity index (χ3n) is 9.27. The molecule has 1 aliphatic carbocycles. The van der Waals surface area contributed by atoms with Gasteiger partial charge in [-0.2, -0.15) is 0 Å². The SMILES string of the molecule is CC(C)(C)OC(=O)N1CCC2(CC1)CC(C#Cc1ccc3c(c1)CN(C1CCC(=O)N(COCC[Si](C)(C)C)C1=O)C3=O)C2. The average molecular weight is 622 g/mol. The molecule has 0 aromatic heterocycles. The van der Waals surface area contributed by atoms with E-state index in [1.165, 1.54) is 4.90 Å². The van der Waals surface area contributed by atoms with Crippen molar-refractivity contribution >= 4 is 31.9 Å². The van der Waals surface area contributed by atoms with E-state index in [9.17, 15) is 19.2 Å². The molecule has 9 nitrogen and oxygen atoms in total. The molecule has 3 fully saturated rings. The lowest BCUT2D eigenvalue weighted by atomic mass is 9.58. The highest BCUT2D eigenvalue weighted by molar-refractivity contribution is 6.76. The zero-order valence-corrected chi connectivity index (χ0v) is 28.2. The summed E-state index contributed by atoms with van der Waals surface area (Å²) < 4.78 is 11.2. The first-order valence-corrected chi connectivity index (χ1v) is 19.7. The van der Waals surface area contributed by atoms with E-state index in [2.05, 4.69) is 31.5 Å². The maximum Gasteiger partial charge on any atom is 0.410 e. The first kappa shape index (κ1) is 32.2. The molecule has 1 spiro atoms. The summed E-state index contributed by atoms with van der Waals surface area (Å²) in [6.45, 7) is 14.7. The third kappa shape index (κ3) is 7.37. The van der Waals surface area contributed by atoms with Crippen molar-refractivity contribution in [2.75, 3.05) is 26.4 Å². The second kappa shape index (κ2) is 12.3. The molecule has 2 saturated heterocycles. The van der Waals surface area contributed by atoms with Crippen LogP contribution in [0.15, 0.2) is 18.2 Å². The molecule has 4 amide bonds. The summed E-state index contributed by atoms with van der Waals surface area (Å²) in [5, 5.41) is 0. The molecule has 10 heteroatoms. The summed E-state index contributed by atoms with van der Waals surface area (Å²) in [6.07, 6.45) is 4.36. The van der Waals surface area contributed by atoms with Gasteiger partial charge in [-0.15, -0.1) is 0 Å². The Morgan fingerprint density at radius 3 is 2.45 bits per heavy atom. The number of carbonyl (C=O) groups is 4. The van der Waals surface area contributed by atoms with E-state index in [1.54, 1.807) is 4.90 Å². The van der Waals surface area contributed by atoms with Gasteiger partial charge < -0.3 is 19.3 Å². The van der Waals surface area contributed by atoms with E-state index in [4.69, 9.17) is 9.47 Å². The number of amides is 4. The van der Waals surface area contributed by atoms with Crippen molar-refractivity contribution in [2.24, 2.45) is 11.3 Å². The van der Waals surface area contributed by atoms with Crippen LogP contribution in [0.3, 0.4) is 0 Å². The molecule has 1 aromatic rings. The molecule has 1 aromatic carbocycles. The molecule has 0 N–H and O–H groups in total. The molecule has 5 rings (SSSR count). The predicted molar refractivity (Wildman–Crippen MR) is 169 cm³/mol. The molecule has 3 heterocycles. The Kier molecular flexibility index (Phi) is 9.03. The number of piperidine rings is 2. The molecular weight excluding hydrogens is 574 g/mol. The molecule has 0 radical (unpaired) electrons. The van der Waals surface area contributed by atoms with Gasteiger partial charge in [0.05, 0.1) is 0 Å². The van der Waals surface area contributed by atoms with Crippen molar-refractivity contribution in [3.8, 4) is 11.8 Å². The quantitative estimate of drug-likeness (QED) is 0.186. The van der Waals surface area contributed by atoms with Crippen LogP contribution >= 0.6 is 0 Å². The monoisotopic (exact) mass is 621 g/mol. The van der Waals surface area contributed by atoms with Crippen molar-refractivity contribution < 1.29 is 28.7 Å². The Hall–Kier alpha value is -3.16. The highest BCUT2D eigenvalue weighted by atomic mass is 28.3. The molecule has 238 valence electrons. The zero-order chi connectivity index (χ0) is 31.9. The number of hydrogen-bond donors (Lipinski definition) is 0. The minimum absolute atomic E-state index is 0.0577. The van der Waals surface area contributed by atoms with Gasteiger partial charge in [-0.25, -0.2) is 4.79 Å². The Labute approximate surface area is 262 Å². The number of ether oxygens (including phenoxy) is 2. The van der Waals surface area contributed by atoms with Gasteiger partial charge >= 0.3 is 6.09 Å². The van der Waals surface area contributed by atoms with Crippen LogP contribution in [-0.2, 0) is 25.6 Å². The fourth-order valence-corrected chi connectivity index (χ4v) is 7.38. The van der Waals surface area contributed by atoms with Crippen LogP contribution in [-0.4, -0.2) is 84.7 Å². The van der Waals surface area contributed by atoms with Crippen molar-refractivity contribution in [1.82, 2.24) is 14.7 Å². The van der Waals surface area contributed by atoms with Crippen molar-refractivity contribution in [2.45, 2.75) is 103 Å². The highest BCUT2D eigenvalue weighted by Gasteiger charge is 2.46. The number of fused-ring (bicyclic) bond motifs is 1.